The van der Waals surface area contributed by atoms with Crippen molar-refractivity contribution in [3.05, 3.63) is 65.2 Å². The van der Waals surface area contributed by atoms with Crippen molar-refractivity contribution in [2.45, 2.75) is 50.1 Å². The average molecular weight is 414 g/mol. The summed E-state index contributed by atoms with van der Waals surface area (Å²) in [6.07, 6.45) is 4.27. The summed E-state index contributed by atoms with van der Waals surface area (Å²) in [6.45, 7) is 2.16. The largest absolute Gasteiger partial charge is 0.291 e. The lowest BCUT2D eigenvalue weighted by atomic mass is 9.72. The maximum absolute atomic E-state index is 12.5. The first kappa shape index (κ1) is 20.1. The Morgan fingerprint density at radius 1 is 1.00 bits per heavy atom. The molecule has 2 aliphatic rings. The summed E-state index contributed by atoms with van der Waals surface area (Å²) < 4.78 is 27.6. The van der Waals surface area contributed by atoms with Gasteiger partial charge in [0.25, 0.3) is 0 Å². The van der Waals surface area contributed by atoms with E-state index in [1.165, 1.54) is 0 Å². The molecule has 3 N–H and O–H groups in total. The molecule has 1 saturated heterocycles. The molecule has 7 heteroatoms. The lowest BCUT2D eigenvalue weighted by molar-refractivity contribution is -0.133. The minimum Gasteiger partial charge on any atom is -0.291 e. The fraction of sp³-hybridized carbons (Fsp3) is 0.409. The molecule has 2 aromatic carbocycles. The molecule has 3 atom stereocenters. The highest BCUT2D eigenvalue weighted by Gasteiger charge is 2.40. The zero-order valence-corrected chi connectivity index (χ0v) is 17.3. The molecule has 3 unspecified atom stereocenters. The molecule has 154 valence electrons. The number of aryl methyl sites for hydroxylation is 1. The molecule has 1 heterocycles. The van der Waals surface area contributed by atoms with E-state index in [9.17, 15) is 13.2 Å². The van der Waals surface area contributed by atoms with Crippen molar-refractivity contribution in [1.82, 2.24) is 15.6 Å². The highest BCUT2D eigenvalue weighted by Crippen LogP contribution is 2.40. The summed E-state index contributed by atoms with van der Waals surface area (Å²) >= 11 is 0. The van der Waals surface area contributed by atoms with Crippen LogP contribution in [-0.4, -0.2) is 14.3 Å². The van der Waals surface area contributed by atoms with Crippen molar-refractivity contribution < 1.29 is 13.2 Å². The van der Waals surface area contributed by atoms with Crippen LogP contribution >= 0.6 is 0 Å². The van der Waals surface area contributed by atoms with E-state index in [1.807, 2.05) is 31.2 Å². The lowest BCUT2D eigenvalue weighted by Gasteiger charge is -2.41. The predicted molar refractivity (Wildman–Crippen MR) is 111 cm³/mol. The fourth-order valence-corrected chi connectivity index (χ4v) is 5.40. The maximum Gasteiger partial charge on any atom is 0.240 e. The van der Waals surface area contributed by atoms with Crippen LogP contribution in [0.5, 0.6) is 0 Å². The van der Waals surface area contributed by atoms with Gasteiger partial charge < -0.3 is 0 Å². The number of hydrazine groups is 1. The smallest absolute Gasteiger partial charge is 0.240 e. The number of rotatable bonds is 5. The van der Waals surface area contributed by atoms with Crippen LogP contribution in [0.2, 0.25) is 0 Å². The molecule has 1 amide bonds. The van der Waals surface area contributed by atoms with Crippen molar-refractivity contribution >= 4 is 15.9 Å². The van der Waals surface area contributed by atoms with Gasteiger partial charge >= 0.3 is 0 Å². The van der Waals surface area contributed by atoms with Gasteiger partial charge in [-0.25, -0.2) is 18.6 Å². The van der Waals surface area contributed by atoms with Crippen LogP contribution in [0, 0.1) is 18.8 Å². The zero-order chi connectivity index (χ0) is 20.4. The first-order chi connectivity index (χ1) is 13.9. The van der Waals surface area contributed by atoms with Crippen LogP contribution < -0.4 is 15.6 Å². The summed E-state index contributed by atoms with van der Waals surface area (Å²) in [7, 11) is -3.54. The van der Waals surface area contributed by atoms with Crippen LogP contribution in [-0.2, 0) is 21.4 Å². The second kappa shape index (κ2) is 8.26. The van der Waals surface area contributed by atoms with E-state index in [-0.39, 0.29) is 29.3 Å². The average Bonchev–Trinajstić information content (AvgIpc) is 2.74. The van der Waals surface area contributed by atoms with E-state index in [2.05, 4.69) is 15.6 Å². The predicted octanol–water partition coefficient (Wildman–Crippen LogP) is 2.96. The van der Waals surface area contributed by atoms with Crippen LogP contribution in [0.15, 0.2) is 53.4 Å². The van der Waals surface area contributed by atoms with Crippen LogP contribution in [0.3, 0.4) is 0 Å². The van der Waals surface area contributed by atoms with Gasteiger partial charge in [-0.2, -0.15) is 0 Å². The normalized spacial score (nSPS) is 24.6. The number of carbonyl (C=O) groups excluding carboxylic acids is 1. The number of hydrogen-bond acceptors (Lipinski definition) is 4. The number of carbonyl (C=O) groups is 1. The Morgan fingerprint density at radius 3 is 2.41 bits per heavy atom. The van der Waals surface area contributed by atoms with Crippen LogP contribution in [0.1, 0.15) is 48.4 Å². The third-order valence-electron chi connectivity index (χ3n) is 6.07. The first-order valence-corrected chi connectivity index (χ1v) is 11.6. The van der Waals surface area contributed by atoms with Gasteiger partial charge in [0, 0.05) is 12.5 Å². The molecule has 0 radical (unpaired) electrons. The monoisotopic (exact) mass is 413 g/mol. The fourth-order valence-electron chi connectivity index (χ4n) is 4.39. The molecule has 2 fully saturated rings. The molecule has 2 aromatic rings. The standard InChI is InChI=1S/C22H27N3O3S/c1-15-6-12-18(13-7-15)29(27,28)23-14-16-8-10-17(11-9-16)21-19-4-2-3-5-20(19)22(26)25-24-21/h6-13,19-21,23-24H,2-5,14H2,1H3,(H,25,26). The quantitative estimate of drug-likeness (QED) is 0.703. The van der Waals surface area contributed by atoms with Gasteiger partial charge in [-0.05, 0) is 48.9 Å². The molecule has 0 bridgehead atoms. The van der Waals surface area contributed by atoms with Gasteiger partial charge in [0.2, 0.25) is 15.9 Å². The molecule has 1 aliphatic carbocycles. The first-order valence-electron chi connectivity index (χ1n) is 10.1. The molecule has 4 rings (SSSR count). The second-order valence-corrected chi connectivity index (χ2v) is 9.81. The minimum atomic E-state index is -3.54. The van der Waals surface area contributed by atoms with E-state index in [0.29, 0.717) is 5.92 Å². The number of amides is 1. The zero-order valence-electron chi connectivity index (χ0n) is 16.5. The molecule has 1 saturated carbocycles. The highest BCUT2D eigenvalue weighted by molar-refractivity contribution is 7.89. The Hall–Kier alpha value is -2.22. The number of benzene rings is 2. The third-order valence-corrected chi connectivity index (χ3v) is 7.49. The number of sulfonamides is 1. The van der Waals surface area contributed by atoms with E-state index in [4.69, 9.17) is 0 Å². The molecule has 6 nitrogen and oxygen atoms in total. The van der Waals surface area contributed by atoms with Crippen molar-refractivity contribution in [3.8, 4) is 0 Å². The summed E-state index contributed by atoms with van der Waals surface area (Å²) in [4.78, 5) is 12.4. The van der Waals surface area contributed by atoms with Crippen molar-refractivity contribution in [3.63, 3.8) is 0 Å². The maximum atomic E-state index is 12.5. The summed E-state index contributed by atoms with van der Waals surface area (Å²) in [5, 5.41) is 0. The molecular formula is C22H27N3O3S. The second-order valence-electron chi connectivity index (χ2n) is 8.05. The Kier molecular flexibility index (Phi) is 5.72. The molecule has 29 heavy (non-hydrogen) atoms. The van der Waals surface area contributed by atoms with Gasteiger partial charge in [0.1, 0.15) is 0 Å². The van der Waals surface area contributed by atoms with Crippen molar-refractivity contribution in [2.24, 2.45) is 11.8 Å². The van der Waals surface area contributed by atoms with E-state index < -0.39 is 10.0 Å². The Labute approximate surface area is 172 Å². The van der Waals surface area contributed by atoms with E-state index in [1.54, 1.807) is 24.3 Å². The van der Waals surface area contributed by atoms with Gasteiger partial charge in [0.15, 0.2) is 0 Å². The Morgan fingerprint density at radius 2 is 1.69 bits per heavy atom. The topological polar surface area (TPSA) is 87.3 Å². The Bertz CT molecular complexity index is 971. The molecule has 0 aromatic heterocycles. The number of fused-ring (bicyclic) bond motifs is 1. The Balaban J connectivity index is 1.43. The number of hydrogen-bond donors (Lipinski definition) is 3. The van der Waals surface area contributed by atoms with Crippen LogP contribution in [0.4, 0.5) is 0 Å². The van der Waals surface area contributed by atoms with E-state index in [0.717, 1.165) is 42.4 Å². The molecule has 0 spiro atoms. The molecule has 1 aliphatic heterocycles. The van der Waals surface area contributed by atoms with Crippen molar-refractivity contribution in [2.75, 3.05) is 0 Å². The minimum absolute atomic E-state index is 0.0796. The van der Waals surface area contributed by atoms with Gasteiger partial charge in [-0.3, -0.25) is 10.2 Å². The van der Waals surface area contributed by atoms with Gasteiger partial charge in [0.05, 0.1) is 10.9 Å². The molecular weight excluding hydrogens is 386 g/mol. The van der Waals surface area contributed by atoms with Gasteiger partial charge in [-0.15, -0.1) is 0 Å². The van der Waals surface area contributed by atoms with E-state index >= 15 is 0 Å². The van der Waals surface area contributed by atoms with Crippen LogP contribution in [0.25, 0.3) is 0 Å². The third kappa shape index (κ3) is 4.37. The van der Waals surface area contributed by atoms with Gasteiger partial charge in [-0.1, -0.05) is 54.8 Å². The lowest BCUT2D eigenvalue weighted by Crippen LogP contribution is -2.55. The highest BCUT2D eigenvalue weighted by atomic mass is 32.2. The van der Waals surface area contributed by atoms with Crippen molar-refractivity contribution in [1.29, 1.82) is 0 Å². The SMILES string of the molecule is Cc1ccc(S(=O)(=O)NCc2ccc(C3NNC(=O)C4CCCCC43)cc2)cc1. The summed E-state index contributed by atoms with van der Waals surface area (Å²) in [5.41, 5.74) is 9.04. The number of nitrogens with one attached hydrogen (secondary N) is 3. The summed E-state index contributed by atoms with van der Waals surface area (Å²) in [5.74, 6) is 0.493. The summed E-state index contributed by atoms with van der Waals surface area (Å²) in [6, 6.07) is 14.8.